The van der Waals surface area contributed by atoms with Crippen LogP contribution < -0.4 is 4.90 Å². The number of aryl methyl sites for hydroxylation is 1. The number of rotatable bonds is 3. The topological polar surface area (TPSA) is 71.2 Å². The number of hydrogen-bond acceptors (Lipinski definition) is 4. The molecule has 0 amide bonds. The first-order chi connectivity index (χ1) is 9.69. The van der Waals surface area contributed by atoms with Gasteiger partial charge in [-0.1, -0.05) is 5.21 Å². The number of carbonyl (C=O) groups is 1. The second-order valence-corrected chi connectivity index (χ2v) is 5.18. The van der Waals surface area contributed by atoms with Gasteiger partial charge < -0.3 is 10.0 Å². The Bertz CT molecular complexity index is 629. The Labute approximate surface area is 117 Å². The first-order valence-corrected chi connectivity index (χ1v) is 7.00. The van der Waals surface area contributed by atoms with E-state index >= 15 is 0 Å². The second-order valence-electron chi connectivity index (χ2n) is 5.18. The average Bonchev–Trinajstić information content (AvgIpc) is 2.89. The number of hydrogen-bond donors (Lipinski definition) is 1. The lowest BCUT2D eigenvalue weighted by molar-refractivity contribution is -0.142. The number of piperidine rings is 1. The first kappa shape index (κ1) is 12.9. The summed E-state index contributed by atoms with van der Waals surface area (Å²) in [5.41, 5.74) is 3.03. The summed E-state index contributed by atoms with van der Waals surface area (Å²) >= 11 is 0. The standard InChI is InChI=1S/C14H18N4O2/c1-2-18-13-4-3-11(9-12(13)15-16-18)17-7-5-10(6-8-17)14(19)20/h3-4,9-10H,2,5-8H2,1H3,(H,19,20). The molecule has 6 heteroatoms. The molecule has 1 N–H and O–H groups in total. The SMILES string of the molecule is CCn1nnc2cc(N3CCC(C(=O)O)CC3)ccc21. The number of carboxylic acids is 1. The van der Waals surface area contributed by atoms with E-state index in [1.54, 1.807) is 0 Å². The molecule has 1 saturated heterocycles. The van der Waals surface area contributed by atoms with Crippen molar-refractivity contribution in [2.45, 2.75) is 26.3 Å². The number of benzene rings is 1. The molecule has 1 fully saturated rings. The van der Waals surface area contributed by atoms with Crippen molar-refractivity contribution in [2.75, 3.05) is 18.0 Å². The highest BCUT2D eigenvalue weighted by atomic mass is 16.4. The number of carboxylic acid groups (broad SMARTS) is 1. The van der Waals surface area contributed by atoms with Gasteiger partial charge in [0.1, 0.15) is 5.52 Å². The van der Waals surface area contributed by atoms with Gasteiger partial charge >= 0.3 is 5.97 Å². The third kappa shape index (κ3) is 2.21. The van der Waals surface area contributed by atoms with Gasteiger partial charge in [0, 0.05) is 25.3 Å². The maximum Gasteiger partial charge on any atom is 0.306 e. The average molecular weight is 274 g/mol. The van der Waals surface area contributed by atoms with Gasteiger partial charge in [-0.05, 0) is 38.0 Å². The molecule has 2 aromatic rings. The minimum atomic E-state index is -0.675. The van der Waals surface area contributed by atoms with E-state index in [0.29, 0.717) is 12.8 Å². The highest BCUT2D eigenvalue weighted by Crippen LogP contribution is 2.26. The van der Waals surface area contributed by atoms with Crippen LogP contribution >= 0.6 is 0 Å². The molecule has 0 saturated carbocycles. The Kier molecular flexibility index (Phi) is 3.30. The van der Waals surface area contributed by atoms with Crippen molar-refractivity contribution >= 4 is 22.7 Å². The summed E-state index contributed by atoms with van der Waals surface area (Å²) in [6, 6.07) is 6.14. The summed E-state index contributed by atoms with van der Waals surface area (Å²) in [5.74, 6) is -0.873. The van der Waals surface area contributed by atoms with Gasteiger partial charge in [-0.25, -0.2) is 4.68 Å². The lowest BCUT2D eigenvalue weighted by atomic mass is 9.97. The van der Waals surface area contributed by atoms with Crippen molar-refractivity contribution in [1.82, 2.24) is 15.0 Å². The largest absolute Gasteiger partial charge is 0.481 e. The Morgan fingerprint density at radius 1 is 1.40 bits per heavy atom. The van der Waals surface area contributed by atoms with Crippen LogP contribution in [-0.4, -0.2) is 39.2 Å². The van der Waals surface area contributed by atoms with Crippen molar-refractivity contribution in [3.05, 3.63) is 18.2 Å². The van der Waals surface area contributed by atoms with Crippen molar-refractivity contribution in [3.8, 4) is 0 Å². The van der Waals surface area contributed by atoms with E-state index in [-0.39, 0.29) is 5.92 Å². The zero-order valence-corrected chi connectivity index (χ0v) is 11.5. The summed E-state index contributed by atoms with van der Waals surface area (Å²) in [7, 11) is 0. The monoisotopic (exact) mass is 274 g/mol. The number of aliphatic carboxylic acids is 1. The molecule has 106 valence electrons. The number of aromatic nitrogens is 3. The molecule has 1 aromatic carbocycles. The molecule has 1 aromatic heterocycles. The predicted octanol–water partition coefficient (Wildman–Crippen LogP) is 1.75. The fraction of sp³-hybridized carbons (Fsp3) is 0.500. The lowest BCUT2D eigenvalue weighted by Crippen LogP contribution is -2.36. The summed E-state index contributed by atoms with van der Waals surface area (Å²) in [6.45, 7) is 4.41. The van der Waals surface area contributed by atoms with Gasteiger partial charge in [-0.2, -0.15) is 0 Å². The van der Waals surface area contributed by atoms with Gasteiger partial charge in [-0.3, -0.25) is 4.79 Å². The number of nitrogens with zero attached hydrogens (tertiary/aromatic N) is 4. The molecule has 0 bridgehead atoms. The van der Waals surface area contributed by atoms with Crippen molar-refractivity contribution in [2.24, 2.45) is 5.92 Å². The van der Waals surface area contributed by atoms with Crippen LogP contribution in [0.25, 0.3) is 11.0 Å². The van der Waals surface area contributed by atoms with E-state index in [9.17, 15) is 4.79 Å². The van der Waals surface area contributed by atoms with Crippen molar-refractivity contribution < 1.29 is 9.90 Å². The van der Waals surface area contributed by atoms with Crippen LogP contribution in [0.1, 0.15) is 19.8 Å². The third-order valence-electron chi connectivity index (χ3n) is 4.01. The molecule has 3 rings (SSSR count). The van der Waals surface area contributed by atoms with Gasteiger partial charge in [-0.15, -0.1) is 5.10 Å². The van der Waals surface area contributed by atoms with E-state index in [1.165, 1.54) is 0 Å². The lowest BCUT2D eigenvalue weighted by Gasteiger charge is -2.31. The van der Waals surface area contributed by atoms with E-state index in [0.717, 1.165) is 36.4 Å². The number of anilines is 1. The fourth-order valence-corrected chi connectivity index (χ4v) is 2.78. The van der Waals surface area contributed by atoms with Gasteiger partial charge in [0.05, 0.1) is 11.4 Å². The summed E-state index contributed by atoms with van der Waals surface area (Å²) < 4.78 is 1.87. The van der Waals surface area contributed by atoms with Crippen LogP contribution in [0.2, 0.25) is 0 Å². The van der Waals surface area contributed by atoms with Gasteiger partial charge in [0.15, 0.2) is 0 Å². The normalized spacial score (nSPS) is 16.8. The minimum Gasteiger partial charge on any atom is -0.481 e. The molecule has 1 aliphatic heterocycles. The van der Waals surface area contributed by atoms with Crippen molar-refractivity contribution in [1.29, 1.82) is 0 Å². The fourth-order valence-electron chi connectivity index (χ4n) is 2.78. The molecule has 1 aliphatic rings. The molecule has 0 spiro atoms. The van der Waals surface area contributed by atoms with E-state index in [2.05, 4.69) is 21.3 Å². The maximum absolute atomic E-state index is 11.0. The Morgan fingerprint density at radius 2 is 2.15 bits per heavy atom. The zero-order valence-electron chi connectivity index (χ0n) is 11.5. The van der Waals surface area contributed by atoms with Crippen LogP contribution in [0.3, 0.4) is 0 Å². The zero-order chi connectivity index (χ0) is 14.1. The van der Waals surface area contributed by atoms with E-state index in [4.69, 9.17) is 5.11 Å². The molecule has 0 aliphatic carbocycles. The van der Waals surface area contributed by atoms with Gasteiger partial charge in [0.2, 0.25) is 0 Å². The van der Waals surface area contributed by atoms with Crippen LogP contribution in [0.15, 0.2) is 18.2 Å². The van der Waals surface area contributed by atoms with Crippen LogP contribution in [-0.2, 0) is 11.3 Å². The van der Waals surface area contributed by atoms with Crippen LogP contribution in [0, 0.1) is 5.92 Å². The third-order valence-corrected chi connectivity index (χ3v) is 4.01. The van der Waals surface area contributed by atoms with Gasteiger partial charge in [0.25, 0.3) is 0 Å². The maximum atomic E-state index is 11.0. The smallest absolute Gasteiger partial charge is 0.306 e. The predicted molar refractivity (Wildman–Crippen MR) is 75.8 cm³/mol. The van der Waals surface area contributed by atoms with E-state index < -0.39 is 5.97 Å². The van der Waals surface area contributed by atoms with Crippen LogP contribution in [0.5, 0.6) is 0 Å². The Hall–Kier alpha value is -2.11. The van der Waals surface area contributed by atoms with Crippen molar-refractivity contribution in [3.63, 3.8) is 0 Å². The molecule has 6 nitrogen and oxygen atoms in total. The summed E-state index contributed by atoms with van der Waals surface area (Å²) in [4.78, 5) is 13.2. The first-order valence-electron chi connectivity index (χ1n) is 7.00. The Balaban J connectivity index is 1.80. The molecule has 0 atom stereocenters. The Morgan fingerprint density at radius 3 is 2.80 bits per heavy atom. The molecular formula is C14H18N4O2. The summed E-state index contributed by atoms with van der Waals surface area (Å²) in [5, 5.41) is 17.3. The molecule has 20 heavy (non-hydrogen) atoms. The van der Waals surface area contributed by atoms with Crippen LogP contribution in [0.4, 0.5) is 5.69 Å². The molecule has 0 radical (unpaired) electrons. The highest BCUT2D eigenvalue weighted by Gasteiger charge is 2.24. The quantitative estimate of drug-likeness (QED) is 0.923. The summed E-state index contributed by atoms with van der Waals surface area (Å²) in [6.07, 6.45) is 1.41. The van der Waals surface area contributed by atoms with E-state index in [1.807, 2.05) is 23.7 Å². The number of fused-ring (bicyclic) bond motifs is 1. The molecule has 0 unspecified atom stereocenters. The second kappa shape index (κ2) is 5.11. The molecule has 2 heterocycles. The highest BCUT2D eigenvalue weighted by molar-refractivity contribution is 5.79. The minimum absolute atomic E-state index is 0.198. The molecular weight excluding hydrogens is 256 g/mol.